The van der Waals surface area contributed by atoms with Gasteiger partial charge < -0.3 is 20.1 Å². The topological polar surface area (TPSA) is 47.7 Å². The molecule has 1 atom stereocenters. The molecule has 2 fully saturated rings. The van der Waals surface area contributed by atoms with Crippen LogP contribution in [0.4, 0.5) is 0 Å². The number of nitrogens with two attached hydrogens (primary N) is 1. The number of hydrogen-bond acceptors (Lipinski definition) is 4. The van der Waals surface area contributed by atoms with E-state index in [4.69, 9.17) is 15.2 Å². The molecule has 0 amide bonds. The van der Waals surface area contributed by atoms with Gasteiger partial charge in [0.05, 0.1) is 5.60 Å². The van der Waals surface area contributed by atoms with Crippen molar-refractivity contribution in [2.75, 3.05) is 40.0 Å². The van der Waals surface area contributed by atoms with Crippen molar-refractivity contribution in [1.82, 2.24) is 4.90 Å². The minimum atomic E-state index is 0.0856. The lowest BCUT2D eigenvalue weighted by Gasteiger charge is -2.46. The summed E-state index contributed by atoms with van der Waals surface area (Å²) in [5, 5.41) is 0. The minimum Gasteiger partial charge on any atom is -0.381 e. The van der Waals surface area contributed by atoms with Gasteiger partial charge in [0, 0.05) is 32.4 Å². The molecule has 2 saturated heterocycles. The van der Waals surface area contributed by atoms with E-state index >= 15 is 0 Å². The van der Waals surface area contributed by atoms with Crippen molar-refractivity contribution in [3.63, 3.8) is 0 Å². The van der Waals surface area contributed by atoms with Gasteiger partial charge in [0.15, 0.2) is 0 Å². The molecule has 2 rings (SSSR count). The highest BCUT2D eigenvalue weighted by Crippen LogP contribution is 2.36. The second kappa shape index (κ2) is 6.08. The van der Waals surface area contributed by atoms with Crippen LogP contribution in [0.2, 0.25) is 0 Å². The summed E-state index contributed by atoms with van der Waals surface area (Å²) in [7, 11) is 2.24. The molecule has 1 spiro atoms. The van der Waals surface area contributed by atoms with Gasteiger partial charge in [0.2, 0.25) is 0 Å². The molecule has 2 aliphatic rings. The maximum Gasteiger partial charge on any atom is 0.0741 e. The zero-order chi connectivity index (χ0) is 13.9. The standard InChI is InChI=1S/C15H30N2O2/c1-14(2,11-16)12-17(3)13-4-7-19-15(10-13)5-8-18-9-6-15/h13H,4-12,16H2,1-3H3. The zero-order valence-electron chi connectivity index (χ0n) is 12.8. The number of rotatable bonds is 4. The Bertz CT molecular complexity index is 282. The minimum absolute atomic E-state index is 0.0856. The van der Waals surface area contributed by atoms with Crippen LogP contribution >= 0.6 is 0 Å². The molecular weight excluding hydrogens is 240 g/mol. The molecular formula is C15H30N2O2. The fourth-order valence-corrected chi connectivity index (χ4v) is 3.34. The molecule has 0 radical (unpaired) electrons. The Morgan fingerprint density at radius 1 is 1.26 bits per heavy atom. The first-order chi connectivity index (χ1) is 8.96. The van der Waals surface area contributed by atoms with E-state index in [1.165, 1.54) is 0 Å². The highest BCUT2D eigenvalue weighted by molar-refractivity contribution is 4.92. The molecule has 4 heteroatoms. The second-order valence-corrected chi connectivity index (χ2v) is 7.07. The maximum absolute atomic E-state index is 6.11. The summed E-state index contributed by atoms with van der Waals surface area (Å²) in [6, 6.07) is 0.623. The monoisotopic (exact) mass is 270 g/mol. The van der Waals surface area contributed by atoms with Gasteiger partial charge in [-0.2, -0.15) is 0 Å². The van der Waals surface area contributed by atoms with Crippen LogP contribution in [-0.4, -0.2) is 56.5 Å². The predicted octanol–water partition coefficient (Wildman–Crippen LogP) is 1.63. The fraction of sp³-hybridized carbons (Fsp3) is 1.00. The van der Waals surface area contributed by atoms with Gasteiger partial charge in [-0.05, 0) is 44.7 Å². The summed E-state index contributed by atoms with van der Waals surface area (Å²) >= 11 is 0. The third-order valence-electron chi connectivity index (χ3n) is 4.72. The lowest BCUT2D eigenvalue weighted by Crippen LogP contribution is -2.52. The van der Waals surface area contributed by atoms with E-state index in [1.807, 2.05) is 0 Å². The van der Waals surface area contributed by atoms with Crippen LogP contribution in [-0.2, 0) is 9.47 Å². The Morgan fingerprint density at radius 2 is 1.95 bits per heavy atom. The molecule has 4 nitrogen and oxygen atoms in total. The average molecular weight is 270 g/mol. The van der Waals surface area contributed by atoms with E-state index in [2.05, 4.69) is 25.8 Å². The average Bonchev–Trinajstić information content (AvgIpc) is 2.39. The van der Waals surface area contributed by atoms with Crippen LogP contribution in [0.5, 0.6) is 0 Å². The van der Waals surface area contributed by atoms with E-state index in [9.17, 15) is 0 Å². The molecule has 0 bridgehead atoms. The van der Waals surface area contributed by atoms with Crippen molar-refractivity contribution in [2.45, 2.75) is 51.2 Å². The molecule has 0 aromatic carbocycles. The van der Waals surface area contributed by atoms with Crippen molar-refractivity contribution < 1.29 is 9.47 Å². The quantitative estimate of drug-likeness (QED) is 0.843. The van der Waals surface area contributed by atoms with Crippen LogP contribution in [0.15, 0.2) is 0 Å². The summed E-state index contributed by atoms with van der Waals surface area (Å²) in [5.74, 6) is 0. The molecule has 2 heterocycles. The van der Waals surface area contributed by atoms with Gasteiger partial charge in [0.25, 0.3) is 0 Å². The van der Waals surface area contributed by atoms with E-state index in [0.29, 0.717) is 6.04 Å². The lowest BCUT2D eigenvalue weighted by atomic mass is 9.83. The Balaban J connectivity index is 1.93. The molecule has 2 N–H and O–H groups in total. The first kappa shape index (κ1) is 15.2. The molecule has 1 unspecified atom stereocenters. The van der Waals surface area contributed by atoms with E-state index < -0.39 is 0 Å². The summed E-state index contributed by atoms with van der Waals surface area (Å²) < 4.78 is 11.6. The van der Waals surface area contributed by atoms with Gasteiger partial charge in [-0.1, -0.05) is 13.8 Å². The van der Waals surface area contributed by atoms with Gasteiger partial charge in [-0.25, -0.2) is 0 Å². The molecule has 2 aliphatic heterocycles. The number of nitrogens with zero attached hydrogens (tertiary/aromatic N) is 1. The van der Waals surface area contributed by atoms with Gasteiger partial charge in [-0.15, -0.1) is 0 Å². The lowest BCUT2D eigenvalue weighted by molar-refractivity contribution is -0.151. The second-order valence-electron chi connectivity index (χ2n) is 7.07. The van der Waals surface area contributed by atoms with Crippen LogP contribution in [0.1, 0.15) is 39.5 Å². The molecule has 19 heavy (non-hydrogen) atoms. The largest absolute Gasteiger partial charge is 0.381 e. The van der Waals surface area contributed by atoms with Crippen LogP contribution in [0, 0.1) is 5.41 Å². The van der Waals surface area contributed by atoms with Gasteiger partial charge in [-0.3, -0.25) is 0 Å². The summed E-state index contributed by atoms with van der Waals surface area (Å²) in [5.41, 5.74) is 6.13. The fourth-order valence-electron chi connectivity index (χ4n) is 3.34. The highest BCUT2D eigenvalue weighted by Gasteiger charge is 2.40. The van der Waals surface area contributed by atoms with Crippen molar-refractivity contribution in [1.29, 1.82) is 0 Å². The Labute approximate surface area is 117 Å². The van der Waals surface area contributed by atoms with Crippen molar-refractivity contribution in [2.24, 2.45) is 11.1 Å². The Hall–Kier alpha value is -0.160. The van der Waals surface area contributed by atoms with Crippen molar-refractivity contribution in [3.8, 4) is 0 Å². The molecule has 112 valence electrons. The molecule has 0 aliphatic carbocycles. The Morgan fingerprint density at radius 3 is 2.58 bits per heavy atom. The third-order valence-corrected chi connectivity index (χ3v) is 4.72. The SMILES string of the molecule is CN(CC(C)(C)CN)C1CCOC2(CCOCC2)C1. The summed E-state index contributed by atoms with van der Waals surface area (Å²) in [6.07, 6.45) is 4.39. The highest BCUT2D eigenvalue weighted by atomic mass is 16.5. The van der Waals surface area contributed by atoms with Gasteiger partial charge in [0.1, 0.15) is 0 Å². The normalized spacial score (nSPS) is 27.9. The summed E-state index contributed by atoms with van der Waals surface area (Å²) in [4.78, 5) is 2.49. The smallest absolute Gasteiger partial charge is 0.0741 e. The zero-order valence-corrected chi connectivity index (χ0v) is 12.8. The van der Waals surface area contributed by atoms with Crippen molar-refractivity contribution in [3.05, 3.63) is 0 Å². The van der Waals surface area contributed by atoms with E-state index in [1.54, 1.807) is 0 Å². The first-order valence-electron chi connectivity index (χ1n) is 7.58. The van der Waals surface area contributed by atoms with Crippen molar-refractivity contribution >= 4 is 0 Å². The molecule has 0 aromatic heterocycles. The third kappa shape index (κ3) is 3.91. The van der Waals surface area contributed by atoms with Crippen LogP contribution in [0.25, 0.3) is 0 Å². The molecule has 0 aromatic rings. The van der Waals surface area contributed by atoms with Crippen LogP contribution < -0.4 is 5.73 Å². The van der Waals surface area contributed by atoms with Gasteiger partial charge >= 0.3 is 0 Å². The van der Waals surface area contributed by atoms with E-state index in [-0.39, 0.29) is 11.0 Å². The number of hydrogen-bond donors (Lipinski definition) is 1. The first-order valence-corrected chi connectivity index (χ1v) is 7.58. The summed E-state index contributed by atoms with van der Waals surface area (Å²) in [6.45, 7) is 8.87. The maximum atomic E-state index is 6.11. The number of ether oxygens (including phenoxy) is 2. The van der Waals surface area contributed by atoms with E-state index in [0.717, 1.165) is 58.6 Å². The van der Waals surface area contributed by atoms with Crippen LogP contribution in [0.3, 0.4) is 0 Å². The predicted molar refractivity (Wildman–Crippen MR) is 77.2 cm³/mol. The Kier molecular flexibility index (Phi) is 4.88. The molecule has 0 saturated carbocycles.